The molecule has 4 atom stereocenters. The van der Waals surface area contributed by atoms with Crippen LogP contribution in [0.3, 0.4) is 0 Å². The van der Waals surface area contributed by atoms with Crippen LogP contribution in [-0.2, 0) is 30.0 Å². The maximum atomic E-state index is 12.5. The van der Waals surface area contributed by atoms with E-state index in [2.05, 4.69) is 10.0 Å². The fourth-order valence-corrected chi connectivity index (χ4v) is 4.92. The van der Waals surface area contributed by atoms with E-state index in [1.54, 1.807) is 48.5 Å². The molecule has 4 rings (SSSR count). The molecule has 2 heterocycles. The fourth-order valence-electron chi connectivity index (χ4n) is 3.54. The van der Waals surface area contributed by atoms with E-state index in [1.807, 2.05) is 12.1 Å². The van der Waals surface area contributed by atoms with E-state index in [9.17, 15) is 13.2 Å². The van der Waals surface area contributed by atoms with Crippen LogP contribution in [0, 0.1) is 0 Å². The molecule has 0 bridgehead atoms. The first-order chi connectivity index (χ1) is 14.0. The Labute approximate surface area is 169 Å². The van der Waals surface area contributed by atoms with Crippen LogP contribution in [0.1, 0.15) is 5.56 Å². The normalized spacial score (nSPS) is 26.1. The molecule has 8 nitrogen and oxygen atoms in total. The highest BCUT2D eigenvalue weighted by Crippen LogP contribution is 2.29. The second-order valence-electron chi connectivity index (χ2n) is 7.00. The van der Waals surface area contributed by atoms with Gasteiger partial charge in [0.25, 0.3) is 0 Å². The van der Waals surface area contributed by atoms with Crippen LogP contribution in [0.5, 0.6) is 0 Å². The predicted molar refractivity (Wildman–Crippen MR) is 106 cm³/mol. The van der Waals surface area contributed by atoms with Crippen LogP contribution in [-0.4, -0.2) is 52.1 Å². The number of benzene rings is 2. The topological polar surface area (TPSA) is 103 Å². The Morgan fingerprint density at radius 3 is 2.34 bits per heavy atom. The lowest BCUT2D eigenvalue weighted by Gasteiger charge is -2.18. The highest BCUT2D eigenvalue weighted by Gasteiger charge is 2.50. The summed E-state index contributed by atoms with van der Waals surface area (Å²) >= 11 is 0. The fraction of sp³-hybridized carbons (Fsp3) is 0.350. The number of ether oxygens (including phenoxy) is 3. The van der Waals surface area contributed by atoms with E-state index >= 15 is 0 Å². The van der Waals surface area contributed by atoms with Gasteiger partial charge in [0.15, 0.2) is 6.10 Å². The Balaban J connectivity index is 1.32. The minimum absolute atomic E-state index is 0.124. The van der Waals surface area contributed by atoms with Crippen LogP contribution < -0.4 is 10.0 Å². The van der Waals surface area contributed by atoms with Gasteiger partial charge in [-0.1, -0.05) is 48.5 Å². The first-order valence-electron chi connectivity index (χ1n) is 9.30. The van der Waals surface area contributed by atoms with Gasteiger partial charge in [0.05, 0.1) is 25.0 Å². The van der Waals surface area contributed by atoms with Gasteiger partial charge in [0, 0.05) is 5.69 Å². The molecule has 0 spiro atoms. The number of hydrogen-bond donors (Lipinski definition) is 2. The molecule has 0 saturated carbocycles. The largest absolute Gasteiger partial charge is 0.441 e. The molecule has 2 aromatic carbocycles. The Hall–Kier alpha value is -2.46. The van der Waals surface area contributed by atoms with Gasteiger partial charge in [-0.25, -0.2) is 17.9 Å². The van der Waals surface area contributed by atoms with E-state index in [0.717, 1.165) is 0 Å². The number of nitrogens with one attached hydrogen (secondary N) is 2. The second kappa shape index (κ2) is 8.50. The maximum Gasteiger partial charge on any atom is 0.412 e. The van der Waals surface area contributed by atoms with Crippen LogP contribution in [0.4, 0.5) is 10.5 Å². The van der Waals surface area contributed by atoms with Gasteiger partial charge in [0.2, 0.25) is 10.0 Å². The molecule has 0 radical (unpaired) electrons. The van der Waals surface area contributed by atoms with Crippen LogP contribution >= 0.6 is 0 Å². The molecule has 154 valence electrons. The van der Waals surface area contributed by atoms with Gasteiger partial charge in [0.1, 0.15) is 12.2 Å². The van der Waals surface area contributed by atoms with Crippen molar-refractivity contribution in [2.75, 3.05) is 18.5 Å². The van der Waals surface area contributed by atoms with Crippen molar-refractivity contribution in [2.24, 2.45) is 0 Å². The van der Waals surface area contributed by atoms with Crippen molar-refractivity contribution in [2.45, 2.75) is 30.1 Å². The zero-order valence-electron chi connectivity index (χ0n) is 15.6. The van der Waals surface area contributed by atoms with E-state index in [-0.39, 0.29) is 19.0 Å². The summed E-state index contributed by atoms with van der Waals surface area (Å²) in [5, 5.41) is 2.64. The first-order valence-corrected chi connectivity index (χ1v) is 11.0. The summed E-state index contributed by atoms with van der Waals surface area (Å²) in [4.78, 5) is 12.1. The van der Waals surface area contributed by atoms with Gasteiger partial charge in [-0.05, 0) is 17.7 Å². The summed E-state index contributed by atoms with van der Waals surface area (Å²) in [6.07, 6.45) is -2.23. The van der Waals surface area contributed by atoms with Crippen LogP contribution in [0.2, 0.25) is 0 Å². The molecule has 2 aliphatic rings. The summed E-state index contributed by atoms with van der Waals surface area (Å²) in [6.45, 7) is 0.304. The van der Waals surface area contributed by atoms with Crippen molar-refractivity contribution in [1.29, 1.82) is 0 Å². The SMILES string of the molecule is O=C(Nc1ccccc1)O[C@@H]1CO[C@H]2[C@@H]1OC[C@@H]2NS(=O)(=O)Cc1ccccc1. The molecule has 2 fully saturated rings. The van der Waals surface area contributed by atoms with Crippen molar-refractivity contribution in [3.05, 3.63) is 66.2 Å². The number of amides is 1. The molecule has 2 N–H and O–H groups in total. The predicted octanol–water partition coefficient (Wildman–Crippen LogP) is 1.89. The third kappa shape index (κ3) is 4.94. The van der Waals surface area contributed by atoms with Crippen molar-refractivity contribution < 1.29 is 27.4 Å². The van der Waals surface area contributed by atoms with Gasteiger partial charge < -0.3 is 14.2 Å². The van der Waals surface area contributed by atoms with Crippen molar-refractivity contribution in [1.82, 2.24) is 4.72 Å². The lowest BCUT2D eigenvalue weighted by Crippen LogP contribution is -2.44. The monoisotopic (exact) mass is 418 g/mol. The zero-order valence-corrected chi connectivity index (χ0v) is 16.4. The standard InChI is InChI=1S/C20H22N2O6S/c23-20(21-15-9-5-2-6-10-15)28-17-12-27-18-16(11-26-19(17)18)22-29(24,25)13-14-7-3-1-4-8-14/h1-10,16-19,22H,11-13H2,(H,21,23)/t16-,17+,18+,19+/m0/s1. The number of fused-ring (bicyclic) bond motifs is 1. The highest BCUT2D eigenvalue weighted by molar-refractivity contribution is 7.88. The van der Waals surface area contributed by atoms with Crippen molar-refractivity contribution in [3.8, 4) is 0 Å². The van der Waals surface area contributed by atoms with Crippen molar-refractivity contribution >= 4 is 21.8 Å². The van der Waals surface area contributed by atoms with E-state index in [0.29, 0.717) is 11.3 Å². The first kappa shape index (κ1) is 19.8. The van der Waals surface area contributed by atoms with Crippen molar-refractivity contribution in [3.63, 3.8) is 0 Å². The third-order valence-corrected chi connectivity index (χ3v) is 6.19. The molecule has 0 aliphatic carbocycles. The van der Waals surface area contributed by atoms with E-state index < -0.39 is 40.5 Å². The Bertz CT molecular complexity index is 938. The minimum atomic E-state index is -3.57. The summed E-state index contributed by atoms with van der Waals surface area (Å²) in [5.74, 6) is -0.124. The average molecular weight is 418 g/mol. The average Bonchev–Trinajstić information content (AvgIpc) is 3.26. The third-order valence-electron chi connectivity index (χ3n) is 4.82. The Morgan fingerprint density at radius 1 is 0.966 bits per heavy atom. The van der Waals surface area contributed by atoms with Gasteiger partial charge in [-0.3, -0.25) is 5.32 Å². The molecular weight excluding hydrogens is 396 g/mol. The zero-order chi connectivity index (χ0) is 20.3. The molecule has 2 aromatic rings. The summed E-state index contributed by atoms with van der Waals surface area (Å²) in [6, 6.07) is 17.4. The minimum Gasteiger partial charge on any atom is -0.441 e. The van der Waals surface area contributed by atoms with Gasteiger partial charge >= 0.3 is 6.09 Å². The number of carbonyl (C=O) groups excluding carboxylic acids is 1. The summed E-state index contributed by atoms with van der Waals surface area (Å²) < 4.78 is 44.4. The molecule has 9 heteroatoms. The van der Waals surface area contributed by atoms with E-state index in [1.165, 1.54) is 0 Å². The van der Waals surface area contributed by atoms with Gasteiger partial charge in [-0.15, -0.1) is 0 Å². The lowest BCUT2D eigenvalue weighted by molar-refractivity contribution is 0.00883. The Morgan fingerprint density at radius 2 is 1.62 bits per heavy atom. The molecular formula is C20H22N2O6S. The maximum absolute atomic E-state index is 12.5. The number of carbonyl (C=O) groups is 1. The quantitative estimate of drug-likeness (QED) is 0.743. The summed E-state index contributed by atoms with van der Waals surface area (Å²) in [7, 11) is -3.57. The highest BCUT2D eigenvalue weighted by atomic mass is 32.2. The summed E-state index contributed by atoms with van der Waals surface area (Å²) in [5.41, 5.74) is 1.31. The number of para-hydroxylation sites is 1. The number of sulfonamides is 1. The van der Waals surface area contributed by atoms with Gasteiger partial charge in [-0.2, -0.15) is 0 Å². The van der Waals surface area contributed by atoms with Crippen LogP contribution in [0.15, 0.2) is 60.7 Å². The smallest absolute Gasteiger partial charge is 0.412 e. The molecule has 29 heavy (non-hydrogen) atoms. The molecule has 1 amide bonds. The molecule has 2 aliphatic heterocycles. The second-order valence-corrected chi connectivity index (χ2v) is 8.75. The number of rotatable bonds is 6. The number of hydrogen-bond acceptors (Lipinski definition) is 6. The molecule has 0 unspecified atom stereocenters. The molecule has 0 aromatic heterocycles. The lowest BCUT2D eigenvalue weighted by atomic mass is 10.1. The van der Waals surface area contributed by atoms with E-state index in [4.69, 9.17) is 14.2 Å². The Kier molecular flexibility index (Phi) is 5.81. The number of anilines is 1. The molecule has 2 saturated heterocycles. The van der Waals surface area contributed by atoms with Crippen LogP contribution in [0.25, 0.3) is 0 Å².